The van der Waals surface area contributed by atoms with Crippen LogP contribution in [0.5, 0.6) is 0 Å². The average molecular weight is 328 g/mol. The molecule has 1 N–H and O–H groups in total. The molecule has 0 aliphatic carbocycles. The monoisotopic (exact) mass is 328 g/mol. The summed E-state index contributed by atoms with van der Waals surface area (Å²) in [6.45, 7) is 1.05. The summed E-state index contributed by atoms with van der Waals surface area (Å²) in [5, 5.41) is 0. The van der Waals surface area contributed by atoms with Gasteiger partial charge in [-0.3, -0.25) is 14.5 Å². The van der Waals surface area contributed by atoms with Crippen molar-refractivity contribution >= 4 is 21.8 Å². The van der Waals surface area contributed by atoms with Crippen molar-refractivity contribution in [3.05, 3.63) is 35.4 Å². The highest BCUT2D eigenvalue weighted by molar-refractivity contribution is 7.89. The van der Waals surface area contributed by atoms with E-state index < -0.39 is 33.8 Å². The van der Waals surface area contributed by atoms with Gasteiger partial charge in [0.15, 0.2) is 0 Å². The lowest BCUT2D eigenvalue weighted by Gasteiger charge is -2.14. The lowest BCUT2D eigenvalue weighted by molar-refractivity contribution is 0.0664. The molecule has 22 heavy (non-hydrogen) atoms. The van der Waals surface area contributed by atoms with Gasteiger partial charge < -0.3 is 0 Å². The molecular weight excluding hydrogens is 311 g/mol. The van der Waals surface area contributed by atoms with Gasteiger partial charge >= 0.3 is 0 Å². The first-order valence-corrected chi connectivity index (χ1v) is 8.57. The second-order valence-electron chi connectivity index (χ2n) is 4.98. The summed E-state index contributed by atoms with van der Waals surface area (Å²) in [5.74, 6) is -1.46. The van der Waals surface area contributed by atoms with E-state index >= 15 is 0 Å². The molecule has 0 saturated carbocycles. The van der Waals surface area contributed by atoms with Crippen molar-refractivity contribution in [2.24, 2.45) is 0 Å². The number of benzene rings is 1. The van der Waals surface area contributed by atoms with Gasteiger partial charge in [-0.05, 0) is 18.6 Å². The summed E-state index contributed by atoms with van der Waals surface area (Å²) in [4.78, 5) is 25.0. The van der Waals surface area contributed by atoms with Crippen LogP contribution in [0, 0.1) is 0 Å². The molecule has 1 aromatic rings. The molecule has 8 heteroatoms. The van der Waals surface area contributed by atoms with E-state index in [9.17, 15) is 22.4 Å². The van der Waals surface area contributed by atoms with Crippen molar-refractivity contribution in [2.75, 3.05) is 18.8 Å². The SMILES string of the molecule is CCC(F)CNS(=O)(=O)CCN1C(=O)c2ccccc2C1=O. The van der Waals surface area contributed by atoms with E-state index in [4.69, 9.17) is 0 Å². The quantitative estimate of drug-likeness (QED) is 0.755. The Bertz CT molecular complexity index is 655. The zero-order chi connectivity index (χ0) is 16.3. The number of carbonyl (C=O) groups is 2. The maximum atomic E-state index is 13.1. The second kappa shape index (κ2) is 6.53. The van der Waals surface area contributed by atoms with Crippen LogP contribution in [0.1, 0.15) is 34.1 Å². The van der Waals surface area contributed by atoms with E-state index in [0.29, 0.717) is 0 Å². The largest absolute Gasteiger partial charge is 0.273 e. The van der Waals surface area contributed by atoms with Crippen LogP contribution in [-0.4, -0.2) is 50.1 Å². The highest BCUT2D eigenvalue weighted by atomic mass is 32.2. The van der Waals surface area contributed by atoms with Crippen LogP contribution in [0.3, 0.4) is 0 Å². The molecule has 0 spiro atoms. The molecule has 1 aromatic carbocycles. The van der Waals surface area contributed by atoms with Crippen LogP contribution in [0.25, 0.3) is 0 Å². The molecule has 0 radical (unpaired) electrons. The predicted octanol–water partition coefficient (Wildman–Crippen LogP) is 0.950. The summed E-state index contributed by atoms with van der Waals surface area (Å²) in [7, 11) is -3.74. The van der Waals surface area contributed by atoms with E-state index in [1.54, 1.807) is 19.1 Å². The van der Waals surface area contributed by atoms with Gasteiger partial charge in [-0.25, -0.2) is 17.5 Å². The Morgan fingerprint density at radius 1 is 1.18 bits per heavy atom. The Hall–Kier alpha value is -1.80. The minimum Gasteiger partial charge on any atom is -0.273 e. The molecule has 1 unspecified atom stereocenters. The lowest BCUT2D eigenvalue weighted by Crippen LogP contribution is -2.39. The molecule has 6 nitrogen and oxygen atoms in total. The summed E-state index contributed by atoms with van der Waals surface area (Å²) < 4.78 is 38.7. The summed E-state index contributed by atoms with van der Waals surface area (Å²) in [6.07, 6.45) is -1.05. The van der Waals surface area contributed by atoms with Crippen molar-refractivity contribution in [1.29, 1.82) is 0 Å². The highest BCUT2D eigenvalue weighted by Crippen LogP contribution is 2.22. The number of hydrogen-bond acceptors (Lipinski definition) is 4. The van der Waals surface area contributed by atoms with E-state index in [-0.39, 0.29) is 30.6 Å². The van der Waals surface area contributed by atoms with Crippen LogP contribution in [0.2, 0.25) is 0 Å². The van der Waals surface area contributed by atoms with Gasteiger partial charge in [-0.2, -0.15) is 0 Å². The van der Waals surface area contributed by atoms with Crippen molar-refractivity contribution < 1.29 is 22.4 Å². The molecular formula is C14H17FN2O4S. The Morgan fingerprint density at radius 2 is 1.73 bits per heavy atom. The number of fused-ring (bicyclic) bond motifs is 1. The number of carbonyl (C=O) groups excluding carboxylic acids is 2. The van der Waals surface area contributed by atoms with Crippen LogP contribution in [-0.2, 0) is 10.0 Å². The standard InChI is InChI=1S/C14H17FN2O4S/c1-2-10(15)9-16-22(20,21)8-7-17-13(18)11-5-3-4-6-12(11)14(17)19/h3-6,10,16H,2,7-9H2,1H3. The number of sulfonamides is 1. The minimum absolute atomic E-state index is 0.209. The van der Waals surface area contributed by atoms with Crippen molar-refractivity contribution in [2.45, 2.75) is 19.5 Å². The van der Waals surface area contributed by atoms with Gasteiger partial charge in [0, 0.05) is 13.1 Å². The normalized spacial score (nSPS) is 16.0. The minimum atomic E-state index is -3.74. The van der Waals surface area contributed by atoms with Crippen molar-refractivity contribution in [3.63, 3.8) is 0 Å². The van der Waals surface area contributed by atoms with Crippen molar-refractivity contribution in [1.82, 2.24) is 9.62 Å². The molecule has 2 amide bonds. The molecule has 0 fully saturated rings. The lowest BCUT2D eigenvalue weighted by atomic mass is 10.1. The zero-order valence-corrected chi connectivity index (χ0v) is 12.9. The van der Waals surface area contributed by atoms with Gasteiger partial charge in [0.05, 0.1) is 16.9 Å². The first-order valence-electron chi connectivity index (χ1n) is 6.92. The summed E-state index contributed by atoms with van der Waals surface area (Å²) >= 11 is 0. The fraction of sp³-hybridized carbons (Fsp3) is 0.429. The fourth-order valence-electron chi connectivity index (χ4n) is 2.09. The Morgan fingerprint density at radius 3 is 2.23 bits per heavy atom. The topological polar surface area (TPSA) is 83.6 Å². The Kier molecular flexibility index (Phi) is 4.92. The molecule has 0 aromatic heterocycles. The third-order valence-electron chi connectivity index (χ3n) is 3.43. The van der Waals surface area contributed by atoms with Crippen LogP contribution >= 0.6 is 0 Å². The van der Waals surface area contributed by atoms with E-state index in [1.165, 1.54) is 12.1 Å². The number of hydrogen-bond donors (Lipinski definition) is 1. The number of rotatable bonds is 7. The first-order chi connectivity index (χ1) is 10.4. The highest BCUT2D eigenvalue weighted by Gasteiger charge is 2.35. The number of amides is 2. The maximum absolute atomic E-state index is 13.1. The summed E-state index contributed by atoms with van der Waals surface area (Å²) in [5.41, 5.74) is 0.542. The van der Waals surface area contributed by atoms with Gasteiger partial charge in [-0.15, -0.1) is 0 Å². The number of halogens is 1. The molecule has 1 aliphatic heterocycles. The molecule has 1 heterocycles. The van der Waals surface area contributed by atoms with E-state index in [1.807, 2.05) is 0 Å². The van der Waals surface area contributed by atoms with Gasteiger partial charge in [0.1, 0.15) is 6.17 Å². The number of alkyl halides is 1. The zero-order valence-electron chi connectivity index (χ0n) is 12.1. The Labute approximate surface area is 128 Å². The number of imide groups is 1. The maximum Gasteiger partial charge on any atom is 0.261 e. The number of nitrogens with one attached hydrogen (secondary N) is 1. The molecule has 2 rings (SSSR count). The first kappa shape index (κ1) is 16.6. The average Bonchev–Trinajstić information content (AvgIpc) is 2.75. The van der Waals surface area contributed by atoms with Crippen LogP contribution in [0.4, 0.5) is 4.39 Å². The fourth-order valence-corrected chi connectivity index (χ4v) is 3.09. The smallest absolute Gasteiger partial charge is 0.261 e. The Balaban J connectivity index is 1.98. The van der Waals surface area contributed by atoms with Crippen LogP contribution < -0.4 is 4.72 Å². The second-order valence-corrected chi connectivity index (χ2v) is 6.91. The van der Waals surface area contributed by atoms with E-state index in [2.05, 4.69) is 4.72 Å². The third kappa shape index (κ3) is 3.50. The van der Waals surface area contributed by atoms with Gasteiger partial charge in [0.25, 0.3) is 11.8 Å². The van der Waals surface area contributed by atoms with Crippen molar-refractivity contribution in [3.8, 4) is 0 Å². The summed E-state index contributed by atoms with van der Waals surface area (Å²) in [6, 6.07) is 6.32. The molecule has 1 aliphatic rings. The van der Waals surface area contributed by atoms with Gasteiger partial charge in [-0.1, -0.05) is 19.1 Å². The number of nitrogens with zero attached hydrogens (tertiary/aromatic N) is 1. The molecule has 120 valence electrons. The van der Waals surface area contributed by atoms with Gasteiger partial charge in [0.2, 0.25) is 10.0 Å². The molecule has 1 atom stereocenters. The van der Waals surface area contributed by atoms with E-state index in [0.717, 1.165) is 4.90 Å². The molecule has 0 saturated heterocycles. The molecule has 0 bridgehead atoms. The van der Waals surface area contributed by atoms with Crippen LogP contribution in [0.15, 0.2) is 24.3 Å². The predicted molar refractivity (Wildman–Crippen MR) is 78.8 cm³/mol. The third-order valence-corrected chi connectivity index (χ3v) is 4.76.